The topological polar surface area (TPSA) is 104 Å². The van der Waals surface area contributed by atoms with Crippen LogP contribution in [0, 0.1) is 21.4 Å². The van der Waals surface area contributed by atoms with E-state index >= 15 is 0 Å². The molecule has 0 saturated heterocycles. The first kappa shape index (κ1) is 14.9. The van der Waals surface area contributed by atoms with E-state index in [9.17, 15) is 20.2 Å². The van der Waals surface area contributed by atoms with E-state index in [1.807, 2.05) is 6.07 Å². The number of hydrogen-bond donors (Lipinski definition) is 1. The number of non-ortho nitro benzene ring substituents is 1. The lowest BCUT2D eigenvalue weighted by Gasteiger charge is -2.01. The zero-order chi connectivity index (χ0) is 16.1. The number of nitro groups is 1. The Morgan fingerprint density at radius 3 is 2.09 bits per heavy atom. The third-order valence-electron chi connectivity index (χ3n) is 2.98. The Hall–Kier alpha value is -3.46. The van der Waals surface area contributed by atoms with E-state index in [0.29, 0.717) is 16.7 Å². The molecule has 2 aromatic carbocycles. The fourth-order valence-electron chi connectivity index (χ4n) is 1.83. The first-order valence-corrected chi connectivity index (χ1v) is 6.21. The van der Waals surface area contributed by atoms with E-state index < -0.39 is 10.9 Å². The third-order valence-corrected chi connectivity index (χ3v) is 2.98. The standard InChI is InChI=1S/C16H10N2O4/c17-10-14(12-3-5-13(6-4-12)16(19)20)9-11-1-7-15(8-2-11)18(21)22/h1-9H,(H,19,20)/b14-9-. The molecule has 1 N–H and O–H groups in total. The summed E-state index contributed by atoms with van der Waals surface area (Å²) < 4.78 is 0. The summed E-state index contributed by atoms with van der Waals surface area (Å²) in [6.07, 6.45) is 1.58. The predicted molar refractivity (Wildman–Crippen MR) is 80.0 cm³/mol. The van der Waals surface area contributed by atoms with E-state index in [1.54, 1.807) is 30.3 Å². The molecule has 0 fully saturated rings. The fraction of sp³-hybridized carbons (Fsp3) is 0. The van der Waals surface area contributed by atoms with Gasteiger partial charge in [-0.1, -0.05) is 12.1 Å². The summed E-state index contributed by atoms with van der Waals surface area (Å²) in [5.74, 6) is -1.04. The van der Waals surface area contributed by atoms with Gasteiger partial charge in [0.1, 0.15) is 0 Å². The highest BCUT2D eigenvalue weighted by Crippen LogP contribution is 2.20. The second-order valence-electron chi connectivity index (χ2n) is 4.40. The molecule has 108 valence electrons. The Labute approximate surface area is 125 Å². The van der Waals surface area contributed by atoms with Crippen LogP contribution >= 0.6 is 0 Å². The molecule has 22 heavy (non-hydrogen) atoms. The Bertz CT molecular complexity index is 784. The Kier molecular flexibility index (Phi) is 4.30. The van der Waals surface area contributed by atoms with E-state index in [-0.39, 0.29) is 11.3 Å². The molecule has 6 nitrogen and oxygen atoms in total. The van der Waals surface area contributed by atoms with Crippen molar-refractivity contribution in [1.82, 2.24) is 0 Å². The van der Waals surface area contributed by atoms with E-state index in [0.717, 1.165) is 0 Å². The molecule has 2 rings (SSSR count). The molecule has 0 aliphatic carbocycles. The average molecular weight is 294 g/mol. The minimum Gasteiger partial charge on any atom is -0.478 e. The van der Waals surface area contributed by atoms with Crippen molar-refractivity contribution in [3.8, 4) is 6.07 Å². The summed E-state index contributed by atoms with van der Waals surface area (Å²) in [4.78, 5) is 20.9. The van der Waals surface area contributed by atoms with Gasteiger partial charge >= 0.3 is 5.97 Å². The molecule has 0 aromatic heterocycles. The number of nitrogens with zero attached hydrogens (tertiary/aromatic N) is 2. The van der Waals surface area contributed by atoms with Gasteiger partial charge in [-0.25, -0.2) is 4.79 Å². The number of carboxylic acids is 1. The summed E-state index contributed by atoms with van der Waals surface area (Å²) in [6, 6.07) is 13.8. The first-order chi connectivity index (χ1) is 10.5. The van der Waals surface area contributed by atoms with Gasteiger partial charge < -0.3 is 5.11 Å². The van der Waals surface area contributed by atoms with Gasteiger partial charge in [0.25, 0.3) is 5.69 Å². The maximum absolute atomic E-state index is 10.8. The molecule has 0 saturated carbocycles. The van der Waals surface area contributed by atoms with Crippen LogP contribution < -0.4 is 0 Å². The van der Waals surface area contributed by atoms with Crippen LogP contribution in [0.15, 0.2) is 48.5 Å². The molecule has 0 amide bonds. The van der Waals surface area contributed by atoms with Crippen molar-refractivity contribution in [2.45, 2.75) is 0 Å². The lowest BCUT2D eigenvalue weighted by atomic mass is 10.0. The minimum absolute atomic E-state index is 0.0264. The number of allylic oxidation sites excluding steroid dienone is 1. The SMILES string of the molecule is N#C/C(=C/c1ccc([N+](=O)[O-])cc1)c1ccc(C(=O)O)cc1. The lowest BCUT2D eigenvalue weighted by Crippen LogP contribution is -1.95. The maximum atomic E-state index is 10.8. The highest BCUT2D eigenvalue weighted by Gasteiger charge is 2.06. The van der Waals surface area contributed by atoms with Gasteiger partial charge in [-0.05, 0) is 41.5 Å². The molecule has 0 atom stereocenters. The summed E-state index contributed by atoms with van der Waals surface area (Å²) in [5.41, 5.74) is 1.67. The van der Waals surface area contributed by atoms with E-state index in [4.69, 9.17) is 5.11 Å². The van der Waals surface area contributed by atoms with Crippen LogP contribution in [0.1, 0.15) is 21.5 Å². The molecule has 0 bridgehead atoms. The number of nitro benzene ring substituents is 1. The van der Waals surface area contributed by atoms with Crippen LogP contribution in [0.3, 0.4) is 0 Å². The van der Waals surface area contributed by atoms with E-state index in [1.165, 1.54) is 24.3 Å². The minimum atomic E-state index is -1.04. The highest BCUT2D eigenvalue weighted by molar-refractivity contribution is 5.92. The van der Waals surface area contributed by atoms with Gasteiger partial charge in [0.2, 0.25) is 0 Å². The first-order valence-electron chi connectivity index (χ1n) is 6.21. The molecule has 0 unspecified atom stereocenters. The van der Waals surface area contributed by atoms with Crippen molar-refractivity contribution in [2.24, 2.45) is 0 Å². The predicted octanol–water partition coefficient (Wildman–Crippen LogP) is 3.36. The van der Waals surface area contributed by atoms with Crippen LogP contribution in [0.5, 0.6) is 0 Å². The van der Waals surface area contributed by atoms with Crippen molar-refractivity contribution in [1.29, 1.82) is 5.26 Å². The highest BCUT2D eigenvalue weighted by atomic mass is 16.6. The smallest absolute Gasteiger partial charge is 0.335 e. The van der Waals surface area contributed by atoms with Crippen LogP contribution in [-0.2, 0) is 0 Å². The maximum Gasteiger partial charge on any atom is 0.335 e. The van der Waals surface area contributed by atoms with Gasteiger partial charge in [0.05, 0.1) is 22.1 Å². The molecule has 0 aliphatic rings. The van der Waals surface area contributed by atoms with Crippen molar-refractivity contribution in [3.05, 3.63) is 75.3 Å². The van der Waals surface area contributed by atoms with Crippen LogP contribution in [-0.4, -0.2) is 16.0 Å². The molecule has 0 aliphatic heterocycles. The summed E-state index contributed by atoms with van der Waals surface area (Å²) >= 11 is 0. The molecule has 6 heteroatoms. The number of carbonyl (C=O) groups is 1. The van der Waals surface area contributed by atoms with Gasteiger partial charge in [-0.15, -0.1) is 0 Å². The second-order valence-corrected chi connectivity index (χ2v) is 4.40. The number of nitriles is 1. The van der Waals surface area contributed by atoms with Gasteiger partial charge in [-0.2, -0.15) is 5.26 Å². The number of aromatic carboxylic acids is 1. The Morgan fingerprint density at radius 1 is 1.09 bits per heavy atom. The number of benzene rings is 2. The summed E-state index contributed by atoms with van der Waals surface area (Å²) in [6.45, 7) is 0. The fourth-order valence-corrected chi connectivity index (χ4v) is 1.83. The van der Waals surface area contributed by atoms with Gasteiger partial charge in [-0.3, -0.25) is 10.1 Å². The van der Waals surface area contributed by atoms with Crippen molar-refractivity contribution < 1.29 is 14.8 Å². The van der Waals surface area contributed by atoms with Crippen molar-refractivity contribution in [3.63, 3.8) is 0 Å². The molecule has 0 radical (unpaired) electrons. The summed E-state index contributed by atoms with van der Waals surface area (Å²) in [5, 5.41) is 28.7. The molecular formula is C16H10N2O4. The second kappa shape index (κ2) is 6.33. The number of rotatable bonds is 4. The Balaban J connectivity index is 2.32. The number of hydrogen-bond acceptors (Lipinski definition) is 4. The molecule has 2 aromatic rings. The monoisotopic (exact) mass is 294 g/mol. The summed E-state index contributed by atoms with van der Waals surface area (Å²) in [7, 11) is 0. The largest absolute Gasteiger partial charge is 0.478 e. The van der Waals surface area contributed by atoms with E-state index in [2.05, 4.69) is 0 Å². The molecule has 0 heterocycles. The average Bonchev–Trinajstić information content (AvgIpc) is 2.53. The van der Waals surface area contributed by atoms with Gasteiger partial charge in [0.15, 0.2) is 0 Å². The van der Waals surface area contributed by atoms with Crippen LogP contribution in [0.25, 0.3) is 11.6 Å². The Morgan fingerprint density at radius 2 is 1.64 bits per heavy atom. The van der Waals surface area contributed by atoms with Crippen molar-refractivity contribution >= 4 is 23.3 Å². The zero-order valence-electron chi connectivity index (χ0n) is 11.3. The molecule has 0 spiro atoms. The normalized spacial score (nSPS) is 10.8. The van der Waals surface area contributed by atoms with Crippen molar-refractivity contribution in [2.75, 3.05) is 0 Å². The third kappa shape index (κ3) is 3.35. The number of carboxylic acid groups (broad SMARTS) is 1. The quantitative estimate of drug-likeness (QED) is 0.403. The van der Waals surface area contributed by atoms with Gasteiger partial charge in [0, 0.05) is 12.1 Å². The molecular weight excluding hydrogens is 284 g/mol. The van der Waals surface area contributed by atoms with Crippen LogP contribution in [0.4, 0.5) is 5.69 Å². The zero-order valence-corrected chi connectivity index (χ0v) is 11.3. The lowest BCUT2D eigenvalue weighted by molar-refractivity contribution is -0.384. The van der Waals surface area contributed by atoms with Crippen LogP contribution in [0.2, 0.25) is 0 Å².